The molecule has 0 spiro atoms. The van der Waals surface area contributed by atoms with E-state index in [1.165, 1.54) is 17.8 Å². The van der Waals surface area contributed by atoms with Gasteiger partial charge in [0, 0.05) is 51.4 Å². The van der Waals surface area contributed by atoms with E-state index in [9.17, 15) is 4.79 Å². The van der Waals surface area contributed by atoms with Crippen molar-refractivity contribution < 1.29 is 4.79 Å². The van der Waals surface area contributed by atoms with Gasteiger partial charge in [0.1, 0.15) is 0 Å². The Morgan fingerprint density at radius 1 is 1.13 bits per heavy atom. The average molecular weight is 426 g/mol. The van der Waals surface area contributed by atoms with Crippen LogP contribution in [0.1, 0.15) is 31.2 Å². The molecule has 7 heteroatoms. The zero-order valence-corrected chi connectivity index (χ0v) is 18.5. The molecule has 160 valence electrons. The molecule has 6 nitrogen and oxygen atoms in total. The molecule has 1 aliphatic carbocycles. The number of hydrogen-bond acceptors (Lipinski definition) is 4. The monoisotopic (exact) mass is 425 g/mol. The number of carbonyl (C=O) groups is 1. The normalized spacial score (nSPS) is 18.0. The van der Waals surface area contributed by atoms with Crippen molar-refractivity contribution in [3.05, 3.63) is 47.3 Å². The van der Waals surface area contributed by atoms with Crippen molar-refractivity contribution in [1.82, 2.24) is 10.2 Å². The Labute approximate surface area is 183 Å². The standard InChI is InChI=1S/C23H31N5OS/c1-24-23(28-13-11-27(12-14-28)21-10-5-15-30-21)25-17-18-6-4-9-20(16-18)26-22(29)19-7-2-3-8-19/h4-6,9-10,15-16,19H,2-3,7-8,11-14,17H2,1H3,(H,24,25)(H,26,29). The molecule has 2 N–H and O–H groups in total. The predicted molar refractivity (Wildman–Crippen MR) is 125 cm³/mol. The second-order valence-electron chi connectivity index (χ2n) is 8.00. The number of guanidine groups is 1. The Kier molecular flexibility index (Phi) is 6.89. The summed E-state index contributed by atoms with van der Waals surface area (Å²) in [4.78, 5) is 21.6. The molecule has 2 aromatic rings. The van der Waals surface area contributed by atoms with E-state index in [-0.39, 0.29) is 11.8 Å². The second-order valence-corrected chi connectivity index (χ2v) is 8.92. The van der Waals surface area contributed by atoms with E-state index < -0.39 is 0 Å². The predicted octanol–water partition coefficient (Wildman–Crippen LogP) is 3.77. The fourth-order valence-corrected chi connectivity index (χ4v) is 5.08. The van der Waals surface area contributed by atoms with Gasteiger partial charge in [-0.05, 0) is 48.1 Å². The molecule has 1 saturated carbocycles. The summed E-state index contributed by atoms with van der Waals surface area (Å²) in [7, 11) is 1.84. The van der Waals surface area contributed by atoms with Crippen LogP contribution in [0.25, 0.3) is 0 Å². The third-order valence-corrected chi connectivity index (χ3v) is 6.91. The number of amides is 1. The van der Waals surface area contributed by atoms with Gasteiger partial charge in [-0.1, -0.05) is 25.0 Å². The van der Waals surface area contributed by atoms with E-state index in [4.69, 9.17) is 0 Å². The van der Waals surface area contributed by atoms with E-state index in [0.29, 0.717) is 6.54 Å². The molecule has 2 fully saturated rings. The molecule has 1 amide bonds. The van der Waals surface area contributed by atoms with Crippen LogP contribution in [0, 0.1) is 5.92 Å². The number of benzene rings is 1. The first-order chi connectivity index (χ1) is 14.7. The van der Waals surface area contributed by atoms with Gasteiger partial charge in [-0.2, -0.15) is 0 Å². The second kappa shape index (κ2) is 9.98. The highest BCUT2D eigenvalue weighted by molar-refractivity contribution is 7.14. The molecule has 1 saturated heterocycles. The summed E-state index contributed by atoms with van der Waals surface area (Å²) < 4.78 is 0. The number of aliphatic imine (C=N–C) groups is 1. The lowest BCUT2D eigenvalue weighted by Crippen LogP contribution is -2.52. The number of carbonyl (C=O) groups excluding carboxylic acids is 1. The highest BCUT2D eigenvalue weighted by Crippen LogP contribution is 2.26. The number of nitrogens with one attached hydrogen (secondary N) is 2. The minimum Gasteiger partial charge on any atom is -0.360 e. The van der Waals surface area contributed by atoms with Gasteiger partial charge in [-0.15, -0.1) is 11.3 Å². The third kappa shape index (κ3) is 5.14. The van der Waals surface area contributed by atoms with Crippen LogP contribution in [-0.2, 0) is 11.3 Å². The Balaban J connectivity index is 1.28. The summed E-state index contributed by atoms with van der Waals surface area (Å²) in [6.45, 7) is 4.60. The molecule has 2 heterocycles. The molecule has 1 aliphatic heterocycles. The van der Waals surface area contributed by atoms with Crippen molar-refractivity contribution in [1.29, 1.82) is 0 Å². The topological polar surface area (TPSA) is 60.0 Å². The lowest BCUT2D eigenvalue weighted by molar-refractivity contribution is -0.119. The third-order valence-electron chi connectivity index (χ3n) is 5.98. The van der Waals surface area contributed by atoms with Gasteiger partial charge in [0.05, 0.1) is 5.00 Å². The number of rotatable bonds is 5. The maximum atomic E-state index is 12.4. The van der Waals surface area contributed by atoms with Gasteiger partial charge < -0.3 is 20.4 Å². The van der Waals surface area contributed by atoms with E-state index >= 15 is 0 Å². The van der Waals surface area contributed by atoms with Crippen LogP contribution in [-0.4, -0.2) is 50.0 Å². The van der Waals surface area contributed by atoms with Crippen molar-refractivity contribution in [3.8, 4) is 0 Å². The molecule has 4 rings (SSSR count). The summed E-state index contributed by atoms with van der Waals surface area (Å²) in [5, 5.41) is 10.1. The van der Waals surface area contributed by atoms with Crippen LogP contribution < -0.4 is 15.5 Å². The molecule has 0 radical (unpaired) electrons. The van der Waals surface area contributed by atoms with Crippen LogP contribution in [0.5, 0.6) is 0 Å². The van der Waals surface area contributed by atoms with Crippen molar-refractivity contribution in [3.63, 3.8) is 0 Å². The van der Waals surface area contributed by atoms with E-state index in [1.807, 2.05) is 19.2 Å². The van der Waals surface area contributed by atoms with Gasteiger partial charge in [-0.3, -0.25) is 9.79 Å². The van der Waals surface area contributed by atoms with Crippen molar-refractivity contribution in [2.75, 3.05) is 43.4 Å². The molecule has 0 atom stereocenters. The average Bonchev–Trinajstić information content (AvgIpc) is 3.49. The number of thiophene rings is 1. The maximum absolute atomic E-state index is 12.4. The van der Waals surface area contributed by atoms with Gasteiger partial charge in [-0.25, -0.2) is 0 Å². The summed E-state index contributed by atoms with van der Waals surface area (Å²) >= 11 is 1.80. The molecule has 2 aliphatic rings. The first kappa shape index (κ1) is 20.7. The minimum atomic E-state index is 0.164. The smallest absolute Gasteiger partial charge is 0.227 e. The lowest BCUT2D eigenvalue weighted by Gasteiger charge is -2.37. The Morgan fingerprint density at radius 3 is 2.63 bits per heavy atom. The SMILES string of the molecule is CN=C(NCc1cccc(NC(=O)C2CCCC2)c1)N1CCN(c2cccs2)CC1. The fourth-order valence-electron chi connectivity index (χ4n) is 4.29. The van der Waals surface area contributed by atoms with E-state index in [0.717, 1.165) is 56.2 Å². The van der Waals surface area contributed by atoms with Gasteiger partial charge >= 0.3 is 0 Å². The Hall–Kier alpha value is -2.54. The number of nitrogens with zero attached hydrogens (tertiary/aromatic N) is 3. The maximum Gasteiger partial charge on any atom is 0.227 e. The largest absolute Gasteiger partial charge is 0.360 e. The molecular formula is C23H31N5OS. The van der Waals surface area contributed by atoms with E-state index in [2.05, 4.69) is 55.1 Å². The molecule has 1 aromatic carbocycles. The van der Waals surface area contributed by atoms with Crippen molar-refractivity contribution in [2.45, 2.75) is 32.2 Å². The van der Waals surface area contributed by atoms with Crippen molar-refractivity contribution in [2.24, 2.45) is 10.9 Å². The summed E-state index contributed by atoms with van der Waals surface area (Å²) in [6, 6.07) is 12.4. The van der Waals surface area contributed by atoms with Crippen LogP contribution in [0.2, 0.25) is 0 Å². The molecule has 1 aromatic heterocycles. The van der Waals surface area contributed by atoms with Gasteiger partial charge in [0.2, 0.25) is 5.91 Å². The quantitative estimate of drug-likeness (QED) is 0.565. The van der Waals surface area contributed by atoms with Crippen LogP contribution in [0.15, 0.2) is 46.8 Å². The zero-order valence-electron chi connectivity index (χ0n) is 17.6. The summed E-state index contributed by atoms with van der Waals surface area (Å²) in [5.41, 5.74) is 2.02. The number of anilines is 2. The molecule has 0 bridgehead atoms. The minimum absolute atomic E-state index is 0.164. The zero-order chi connectivity index (χ0) is 20.8. The lowest BCUT2D eigenvalue weighted by atomic mass is 10.1. The molecular weight excluding hydrogens is 394 g/mol. The van der Waals surface area contributed by atoms with Crippen LogP contribution in [0.4, 0.5) is 10.7 Å². The van der Waals surface area contributed by atoms with Crippen LogP contribution >= 0.6 is 11.3 Å². The van der Waals surface area contributed by atoms with Gasteiger partial charge in [0.25, 0.3) is 0 Å². The Morgan fingerprint density at radius 2 is 1.93 bits per heavy atom. The summed E-state index contributed by atoms with van der Waals surface area (Å²) in [6.07, 6.45) is 4.37. The van der Waals surface area contributed by atoms with Crippen molar-refractivity contribution >= 4 is 33.9 Å². The first-order valence-electron chi connectivity index (χ1n) is 10.9. The van der Waals surface area contributed by atoms with E-state index in [1.54, 1.807) is 11.3 Å². The first-order valence-corrected chi connectivity index (χ1v) is 11.7. The number of hydrogen-bond donors (Lipinski definition) is 2. The highest BCUT2D eigenvalue weighted by atomic mass is 32.1. The molecule has 0 unspecified atom stereocenters. The Bertz CT molecular complexity index is 852. The van der Waals surface area contributed by atoms with Gasteiger partial charge in [0.15, 0.2) is 5.96 Å². The number of piperazine rings is 1. The fraction of sp³-hybridized carbons (Fsp3) is 0.478. The summed E-state index contributed by atoms with van der Waals surface area (Å²) in [5.74, 6) is 1.27. The molecule has 30 heavy (non-hydrogen) atoms. The highest BCUT2D eigenvalue weighted by Gasteiger charge is 2.23. The van der Waals surface area contributed by atoms with Crippen LogP contribution in [0.3, 0.4) is 0 Å².